The summed E-state index contributed by atoms with van der Waals surface area (Å²) in [6.45, 7) is 2.02. The van der Waals surface area contributed by atoms with Gasteiger partial charge in [-0.2, -0.15) is 0 Å². The lowest BCUT2D eigenvalue weighted by molar-refractivity contribution is 0.140. The van der Waals surface area contributed by atoms with Crippen LogP contribution in [0.15, 0.2) is 35.4 Å². The Hall–Kier alpha value is -1.07. The summed E-state index contributed by atoms with van der Waals surface area (Å²) >= 11 is 11.4. The molecular formula is C18H14ClF2IN5PS2. The quantitative estimate of drug-likeness (QED) is 0.107. The number of benzene rings is 1. The Morgan fingerprint density at radius 2 is 2.07 bits per heavy atom. The fraction of sp³-hybridized carbons (Fsp3) is 0.167. The SMILES string of the molecule is CSc1cc(-c2ncc(C)s2)ccc1Nc1cc(Cl)nc2c1nc(C(F)F)n2PI. The van der Waals surface area contributed by atoms with Crippen molar-refractivity contribution >= 4 is 85.7 Å². The van der Waals surface area contributed by atoms with E-state index in [1.54, 1.807) is 29.2 Å². The highest BCUT2D eigenvalue weighted by atomic mass is 127. The van der Waals surface area contributed by atoms with Gasteiger partial charge in [0.1, 0.15) is 15.7 Å². The van der Waals surface area contributed by atoms with E-state index in [1.165, 1.54) is 4.34 Å². The topological polar surface area (TPSA) is 55.6 Å². The Balaban J connectivity index is 1.79. The van der Waals surface area contributed by atoms with Crippen LogP contribution in [0.1, 0.15) is 17.1 Å². The lowest BCUT2D eigenvalue weighted by Gasteiger charge is -2.13. The van der Waals surface area contributed by atoms with Crippen LogP contribution in [0, 0.1) is 6.92 Å². The van der Waals surface area contributed by atoms with Gasteiger partial charge in [0, 0.05) is 27.6 Å². The fourth-order valence-electron chi connectivity index (χ4n) is 2.92. The maximum absolute atomic E-state index is 13.5. The smallest absolute Gasteiger partial charge is 0.295 e. The first-order valence-corrected chi connectivity index (χ1v) is 15.0. The van der Waals surface area contributed by atoms with Crippen LogP contribution in [0.5, 0.6) is 0 Å². The zero-order valence-corrected chi connectivity index (χ0v) is 21.1. The minimum absolute atomic E-state index is 0.0278. The predicted molar refractivity (Wildman–Crippen MR) is 133 cm³/mol. The molecule has 1 unspecified atom stereocenters. The maximum atomic E-state index is 13.5. The van der Waals surface area contributed by atoms with Gasteiger partial charge in [0.25, 0.3) is 6.43 Å². The molecule has 0 spiro atoms. The van der Waals surface area contributed by atoms with Crippen LogP contribution in [0.3, 0.4) is 0 Å². The van der Waals surface area contributed by atoms with Crippen molar-refractivity contribution in [2.75, 3.05) is 11.6 Å². The van der Waals surface area contributed by atoms with Crippen molar-refractivity contribution in [3.63, 3.8) is 0 Å². The molecule has 0 aliphatic rings. The van der Waals surface area contributed by atoms with E-state index in [-0.39, 0.29) is 17.4 Å². The van der Waals surface area contributed by atoms with Crippen LogP contribution in [0.25, 0.3) is 21.7 Å². The molecular weight excluding hydrogens is 582 g/mol. The third-order valence-corrected chi connectivity index (χ3v) is 8.22. The van der Waals surface area contributed by atoms with Gasteiger partial charge in [-0.25, -0.2) is 23.7 Å². The van der Waals surface area contributed by atoms with Crippen LogP contribution >= 0.6 is 63.1 Å². The molecule has 30 heavy (non-hydrogen) atoms. The molecule has 156 valence electrons. The minimum atomic E-state index is -2.70. The number of anilines is 2. The van der Waals surface area contributed by atoms with Gasteiger partial charge < -0.3 is 5.32 Å². The van der Waals surface area contributed by atoms with Gasteiger partial charge in [0.15, 0.2) is 11.5 Å². The van der Waals surface area contributed by atoms with Crippen LogP contribution in [-0.4, -0.2) is 25.5 Å². The summed E-state index contributed by atoms with van der Waals surface area (Å²) in [5, 5.41) is 4.47. The van der Waals surface area contributed by atoms with E-state index in [1.807, 2.05) is 53.6 Å². The summed E-state index contributed by atoms with van der Waals surface area (Å²) < 4.78 is 28.3. The standard InChI is InChI=1S/C18H14ClF2IN5PS2/c1-8-7-23-18(30-8)9-3-4-10(12(5-9)29-2)24-11-6-13(19)25-16-14(11)26-17(15(20)21)27(16)28-22/h3-7,15,28H,1-2H3,(H,24,25). The lowest BCUT2D eigenvalue weighted by Crippen LogP contribution is -1.96. The van der Waals surface area contributed by atoms with Gasteiger partial charge in [-0.3, -0.25) is 4.34 Å². The van der Waals surface area contributed by atoms with Crippen LogP contribution < -0.4 is 5.32 Å². The van der Waals surface area contributed by atoms with Gasteiger partial charge >= 0.3 is 0 Å². The van der Waals surface area contributed by atoms with E-state index in [0.717, 1.165) is 26.0 Å². The Morgan fingerprint density at radius 1 is 1.27 bits per heavy atom. The molecule has 0 fully saturated rings. The number of thioether (sulfide) groups is 1. The first-order chi connectivity index (χ1) is 14.4. The molecule has 3 heterocycles. The Kier molecular flexibility index (Phi) is 6.79. The molecule has 4 rings (SSSR count). The number of alkyl halides is 2. The Bertz CT molecular complexity index is 1230. The molecule has 1 N–H and O–H groups in total. The largest absolute Gasteiger partial charge is 0.353 e. The van der Waals surface area contributed by atoms with Crippen LogP contribution in [0.2, 0.25) is 5.15 Å². The first-order valence-electron chi connectivity index (χ1n) is 8.52. The van der Waals surface area contributed by atoms with Gasteiger partial charge in [-0.1, -0.05) is 11.6 Å². The predicted octanol–water partition coefficient (Wildman–Crippen LogP) is 7.71. The molecule has 4 aromatic rings. The number of aromatic nitrogens is 4. The van der Waals surface area contributed by atoms with Gasteiger partial charge in [-0.15, -0.1) is 23.1 Å². The summed E-state index contributed by atoms with van der Waals surface area (Å²) in [5.74, 6) is -0.310. The molecule has 0 amide bonds. The third kappa shape index (κ3) is 4.29. The number of pyridine rings is 1. The minimum Gasteiger partial charge on any atom is -0.353 e. The van der Waals surface area contributed by atoms with Crippen molar-refractivity contribution in [3.8, 4) is 10.6 Å². The lowest BCUT2D eigenvalue weighted by atomic mass is 10.2. The second-order valence-corrected chi connectivity index (χ2v) is 10.7. The number of halogens is 4. The Labute approximate surface area is 199 Å². The molecule has 5 nitrogen and oxygen atoms in total. The van der Waals surface area contributed by atoms with Crippen molar-refractivity contribution < 1.29 is 8.78 Å². The number of hydrogen-bond acceptors (Lipinski definition) is 6. The zero-order valence-electron chi connectivity index (χ0n) is 15.6. The van der Waals surface area contributed by atoms with Crippen LogP contribution in [0.4, 0.5) is 20.2 Å². The molecule has 0 radical (unpaired) electrons. The van der Waals surface area contributed by atoms with Crippen molar-refractivity contribution in [2.24, 2.45) is 0 Å². The van der Waals surface area contributed by atoms with Crippen molar-refractivity contribution in [2.45, 2.75) is 18.2 Å². The highest BCUT2D eigenvalue weighted by Crippen LogP contribution is 2.40. The highest BCUT2D eigenvalue weighted by molar-refractivity contribution is 14.2. The maximum Gasteiger partial charge on any atom is 0.295 e. The van der Waals surface area contributed by atoms with Crippen LogP contribution in [-0.2, 0) is 0 Å². The van der Waals surface area contributed by atoms with Crippen molar-refractivity contribution in [1.82, 2.24) is 19.3 Å². The van der Waals surface area contributed by atoms with Crippen molar-refractivity contribution in [3.05, 3.63) is 46.3 Å². The molecule has 0 bridgehead atoms. The highest BCUT2D eigenvalue weighted by Gasteiger charge is 2.22. The Morgan fingerprint density at radius 3 is 2.70 bits per heavy atom. The van der Waals surface area contributed by atoms with E-state index in [4.69, 9.17) is 11.6 Å². The van der Waals surface area contributed by atoms with E-state index in [0.29, 0.717) is 16.9 Å². The monoisotopic (exact) mass is 595 g/mol. The molecule has 1 aromatic carbocycles. The summed E-state index contributed by atoms with van der Waals surface area (Å²) in [6.07, 6.45) is 1.16. The van der Waals surface area contributed by atoms with Crippen molar-refractivity contribution in [1.29, 1.82) is 0 Å². The first kappa shape index (κ1) is 22.1. The zero-order chi connectivity index (χ0) is 21.4. The number of nitrogens with zero attached hydrogens (tertiary/aromatic N) is 4. The number of imidazole rings is 1. The molecule has 3 aromatic heterocycles. The number of fused-ring (bicyclic) bond motifs is 1. The van der Waals surface area contributed by atoms with Gasteiger partial charge in [0.2, 0.25) is 0 Å². The van der Waals surface area contributed by atoms with E-state index < -0.39 is 6.43 Å². The second kappa shape index (κ2) is 9.20. The fourth-order valence-corrected chi connectivity index (χ4v) is 6.35. The molecule has 0 aliphatic heterocycles. The van der Waals surface area contributed by atoms with E-state index in [9.17, 15) is 8.78 Å². The third-order valence-electron chi connectivity index (χ3n) is 4.23. The summed E-state index contributed by atoms with van der Waals surface area (Å²) in [7, 11) is 0. The van der Waals surface area contributed by atoms with E-state index >= 15 is 0 Å². The molecule has 1 atom stereocenters. The number of rotatable bonds is 6. The normalized spacial score (nSPS) is 12.0. The molecule has 12 heteroatoms. The average molecular weight is 596 g/mol. The molecule has 0 saturated heterocycles. The number of thiazole rings is 1. The summed E-state index contributed by atoms with van der Waals surface area (Å²) in [5.41, 5.74) is 3.09. The number of nitrogens with one attached hydrogen (secondary N) is 1. The number of aryl methyl sites for hydroxylation is 1. The van der Waals surface area contributed by atoms with Gasteiger partial charge in [0.05, 0.1) is 17.7 Å². The average Bonchev–Trinajstić information content (AvgIpc) is 3.31. The van der Waals surface area contributed by atoms with E-state index in [2.05, 4.69) is 26.3 Å². The molecule has 0 aliphatic carbocycles. The summed E-state index contributed by atoms with van der Waals surface area (Å²) in [6, 6.07) is 7.59. The molecule has 0 saturated carbocycles. The second-order valence-electron chi connectivity index (χ2n) is 6.17. The number of hydrogen-bond donors (Lipinski definition) is 1. The van der Waals surface area contributed by atoms with Gasteiger partial charge in [-0.05, 0) is 53.4 Å². The summed E-state index contributed by atoms with van der Waals surface area (Å²) in [4.78, 5) is 15.0.